The number of methoxy groups -OCH3 is 1. The number of nitrogens with one attached hydrogen (secondary N) is 1. The fourth-order valence-corrected chi connectivity index (χ4v) is 6.74. The van der Waals surface area contributed by atoms with Crippen molar-refractivity contribution in [3.05, 3.63) is 64.8 Å². The van der Waals surface area contributed by atoms with Crippen molar-refractivity contribution in [2.24, 2.45) is 11.8 Å². The standard InChI is InChI=1S/C28H28ClN3O4/c1-36-21-12-11-17(29)15-20(21)30-26(33)25-23-22(24-19-10-6-5-7-16(19)13-14-31(24)25)27(34)32(28(23)35)18-8-3-2-4-9-18/h5-7,10-15,18,22-25H,2-4,8-9H2,1H3,(H,30,33)/t22-,23-,24+,25+/m0/s1. The van der Waals surface area contributed by atoms with Crippen LogP contribution in [0.15, 0.2) is 48.7 Å². The van der Waals surface area contributed by atoms with E-state index in [1.807, 2.05) is 41.4 Å². The Hall–Kier alpha value is -3.32. The average Bonchev–Trinajstić information content (AvgIpc) is 3.37. The Labute approximate surface area is 215 Å². The number of nitrogens with zero attached hydrogens (tertiary/aromatic N) is 2. The van der Waals surface area contributed by atoms with Crippen molar-refractivity contribution in [1.29, 1.82) is 0 Å². The van der Waals surface area contributed by atoms with Gasteiger partial charge in [0.1, 0.15) is 11.8 Å². The molecule has 3 aliphatic heterocycles. The number of halogens is 1. The maximum absolute atomic E-state index is 13.9. The molecule has 1 N–H and O–H groups in total. The monoisotopic (exact) mass is 505 g/mol. The summed E-state index contributed by atoms with van der Waals surface area (Å²) in [4.78, 5) is 45.1. The van der Waals surface area contributed by atoms with Crippen molar-refractivity contribution in [2.45, 2.75) is 50.2 Å². The van der Waals surface area contributed by atoms with E-state index in [1.165, 1.54) is 12.0 Å². The zero-order valence-electron chi connectivity index (χ0n) is 20.0. The van der Waals surface area contributed by atoms with Gasteiger partial charge in [0.25, 0.3) is 0 Å². The summed E-state index contributed by atoms with van der Waals surface area (Å²) in [5, 5.41) is 3.39. The maximum Gasteiger partial charge on any atom is 0.248 e. The number of imide groups is 1. The number of fused-ring (bicyclic) bond motifs is 5. The van der Waals surface area contributed by atoms with Crippen LogP contribution < -0.4 is 10.1 Å². The minimum atomic E-state index is -0.835. The molecule has 3 heterocycles. The zero-order valence-corrected chi connectivity index (χ0v) is 20.8. The Kier molecular flexibility index (Phi) is 5.75. The quantitative estimate of drug-likeness (QED) is 0.613. The van der Waals surface area contributed by atoms with Gasteiger partial charge in [-0.3, -0.25) is 19.3 Å². The van der Waals surface area contributed by atoms with Gasteiger partial charge in [0.2, 0.25) is 17.7 Å². The van der Waals surface area contributed by atoms with E-state index >= 15 is 0 Å². The molecule has 6 rings (SSSR count). The Bertz CT molecular complexity index is 1270. The molecule has 2 aromatic rings. The Morgan fingerprint density at radius 2 is 1.78 bits per heavy atom. The van der Waals surface area contributed by atoms with Crippen molar-refractivity contribution >= 4 is 41.1 Å². The second-order valence-corrected chi connectivity index (χ2v) is 10.4. The lowest BCUT2D eigenvalue weighted by Gasteiger charge is -2.37. The van der Waals surface area contributed by atoms with E-state index in [4.69, 9.17) is 16.3 Å². The predicted molar refractivity (Wildman–Crippen MR) is 136 cm³/mol. The summed E-state index contributed by atoms with van der Waals surface area (Å²) in [6.07, 6.45) is 8.61. The summed E-state index contributed by atoms with van der Waals surface area (Å²) >= 11 is 6.19. The number of hydrogen-bond donors (Lipinski definition) is 1. The van der Waals surface area contributed by atoms with Gasteiger partial charge >= 0.3 is 0 Å². The predicted octanol–water partition coefficient (Wildman–Crippen LogP) is 4.63. The van der Waals surface area contributed by atoms with Crippen LogP contribution in [0.25, 0.3) is 6.08 Å². The summed E-state index contributed by atoms with van der Waals surface area (Å²) in [6, 6.07) is 11.6. The minimum absolute atomic E-state index is 0.0797. The molecule has 0 bridgehead atoms. The average molecular weight is 506 g/mol. The number of carbonyl (C=O) groups is 3. The van der Waals surface area contributed by atoms with E-state index in [9.17, 15) is 14.4 Å². The summed E-state index contributed by atoms with van der Waals surface area (Å²) in [5.74, 6) is -1.63. The van der Waals surface area contributed by atoms with Crippen LogP contribution in [0.4, 0.5) is 5.69 Å². The second-order valence-electron chi connectivity index (χ2n) is 10.0. The highest BCUT2D eigenvalue weighted by molar-refractivity contribution is 6.31. The molecule has 36 heavy (non-hydrogen) atoms. The number of amides is 3. The molecule has 186 valence electrons. The van der Waals surface area contributed by atoms with Crippen molar-refractivity contribution in [3.63, 3.8) is 0 Å². The van der Waals surface area contributed by atoms with E-state index in [0.29, 0.717) is 16.5 Å². The summed E-state index contributed by atoms with van der Waals surface area (Å²) in [6.45, 7) is 0. The van der Waals surface area contributed by atoms with Gasteiger partial charge in [-0.15, -0.1) is 0 Å². The first kappa shape index (κ1) is 23.1. The highest BCUT2D eigenvalue weighted by Gasteiger charge is 2.65. The first-order valence-corrected chi connectivity index (χ1v) is 12.9. The number of anilines is 1. The van der Waals surface area contributed by atoms with Crippen LogP contribution in [-0.2, 0) is 14.4 Å². The van der Waals surface area contributed by atoms with Gasteiger partial charge < -0.3 is 15.0 Å². The van der Waals surface area contributed by atoms with Gasteiger partial charge in [-0.1, -0.05) is 55.1 Å². The molecule has 0 aromatic heterocycles. The van der Waals surface area contributed by atoms with Crippen molar-refractivity contribution in [3.8, 4) is 5.75 Å². The molecule has 2 saturated heterocycles. The fraction of sp³-hybridized carbons (Fsp3) is 0.393. The highest BCUT2D eigenvalue weighted by Crippen LogP contribution is 2.53. The molecule has 0 spiro atoms. The van der Waals surface area contributed by atoms with Crippen LogP contribution in [0.5, 0.6) is 5.75 Å². The Morgan fingerprint density at radius 1 is 1.03 bits per heavy atom. The first-order valence-electron chi connectivity index (χ1n) is 12.6. The summed E-state index contributed by atoms with van der Waals surface area (Å²) in [5.41, 5.74) is 2.40. The molecule has 3 fully saturated rings. The Balaban J connectivity index is 1.41. The highest BCUT2D eigenvalue weighted by atomic mass is 35.5. The molecule has 2 aromatic carbocycles. The lowest BCUT2D eigenvalue weighted by Crippen LogP contribution is -2.49. The molecule has 4 aliphatic rings. The van der Waals surface area contributed by atoms with E-state index in [0.717, 1.165) is 43.2 Å². The number of likely N-dealkylation sites (tertiary alicyclic amines) is 1. The largest absolute Gasteiger partial charge is 0.495 e. The Morgan fingerprint density at radius 3 is 2.56 bits per heavy atom. The maximum atomic E-state index is 13.9. The molecule has 0 unspecified atom stereocenters. The number of hydrogen-bond acceptors (Lipinski definition) is 5. The van der Waals surface area contributed by atoms with Gasteiger partial charge in [0.05, 0.1) is 30.7 Å². The third-order valence-electron chi connectivity index (χ3n) is 8.12. The van der Waals surface area contributed by atoms with Crippen LogP contribution >= 0.6 is 11.6 Å². The summed E-state index contributed by atoms with van der Waals surface area (Å²) < 4.78 is 5.41. The number of carbonyl (C=O) groups excluding carboxylic acids is 3. The molecule has 1 saturated carbocycles. The SMILES string of the molecule is COc1ccc(Cl)cc1NC(=O)[C@H]1[C@H]2C(=O)N(C3CCCCC3)C(=O)[C@@H]2[C@H]2c3ccccc3C=CN21. The van der Waals surface area contributed by atoms with E-state index < -0.39 is 17.9 Å². The van der Waals surface area contributed by atoms with Gasteiger partial charge in [-0.05, 0) is 48.2 Å². The van der Waals surface area contributed by atoms with Crippen molar-refractivity contribution in [2.75, 3.05) is 12.4 Å². The van der Waals surface area contributed by atoms with Crippen LogP contribution in [-0.4, -0.2) is 46.7 Å². The smallest absolute Gasteiger partial charge is 0.248 e. The fourth-order valence-electron chi connectivity index (χ4n) is 6.56. The third-order valence-corrected chi connectivity index (χ3v) is 8.36. The number of rotatable bonds is 4. The number of benzene rings is 2. The lowest BCUT2D eigenvalue weighted by atomic mass is 9.84. The van der Waals surface area contributed by atoms with E-state index in [2.05, 4.69) is 5.32 Å². The second kappa shape index (κ2) is 8.96. The van der Waals surface area contributed by atoms with Crippen LogP contribution in [0.1, 0.15) is 49.3 Å². The molecular weight excluding hydrogens is 478 g/mol. The van der Waals surface area contributed by atoms with E-state index in [-0.39, 0.29) is 29.8 Å². The zero-order chi connectivity index (χ0) is 25.0. The number of ether oxygens (including phenoxy) is 1. The van der Waals surface area contributed by atoms with Crippen LogP contribution in [0.3, 0.4) is 0 Å². The molecule has 3 amide bonds. The molecular formula is C28H28ClN3O4. The van der Waals surface area contributed by atoms with Crippen LogP contribution in [0.2, 0.25) is 5.02 Å². The van der Waals surface area contributed by atoms with Gasteiger partial charge in [-0.25, -0.2) is 0 Å². The third kappa shape index (κ3) is 3.52. The van der Waals surface area contributed by atoms with Crippen LogP contribution in [0, 0.1) is 11.8 Å². The molecule has 0 radical (unpaired) electrons. The van der Waals surface area contributed by atoms with Gasteiger partial charge in [-0.2, -0.15) is 0 Å². The van der Waals surface area contributed by atoms with Gasteiger partial charge in [0, 0.05) is 17.3 Å². The molecule has 7 nitrogen and oxygen atoms in total. The molecule has 4 atom stereocenters. The normalized spacial score (nSPS) is 27.1. The molecule has 8 heteroatoms. The van der Waals surface area contributed by atoms with E-state index in [1.54, 1.807) is 18.2 Å². The molecule has 1 aliphatic carbocycles. The topological polar surface area (TPSA) is 79.0 Å². The summed E-state index contributed by atoms with van der Waals surface area (Å²) in [7, 11) is 1.52. The van der Waals surface area contributed by atoms with Crippen molar-refractivity contribution < 1.29 is 19.1 Å². The first-order chi connectivity index (χ1) is 17.5. The van der Waals surface area contributed by atoms with Gasteiger partial charge in [0.15, 0.2) is 0 Å². The lowest BCUT2D eigenvalue weighted by molar-refractivity contribution is -0.146. The van der Waals surface area contributed by atoms with Crippen molar-refractivity contribution in [1.82, 2.24) is 9.80 Å². The minimum Gasteiger partial charge on any atom is -0.495 e.